The number of nitrogens with zero attached hydrogens (tertiary/aromatic N) is 2. The molecule has 0 saturated heterocycles. The number of halogens is 1. The Morgan fingerprint density at radius 2 is 2.12 bits per heavy atom. The normalized spacial score (nSPS) is 10.8. The second kappa shape index (κ2) is 5.01. The van der Waals surface area contributed by atoms with Crippen molar-refractivity contribution in [3.05, 3.63) is 22.7 Å². The molecule has 0 bridgehead atoms. The lowest BCUT2D eigenvalue weighted by molar-refractivity contribution is 0.477. The lowest BCUT2D eigenvalue weighted by atomic mass is 10.2. The molecule has 0 fully saturated rings. The molecule has 2 N–H and O–H groups in total. The van der Waals surface area contributed by atoms with Crippen molar-refractivity contribution in [3.63, 3.8) is 0 Å². The van der Waals surface area contributed by atoms with Crippen molar-refractivity contribution in [2.45, 2.75) is 19.9 Å². The first-order chi connectivity index (χ1) is 8.06. The van der Waals surface area contributed by atoms with Crippen LogP contribution in [0.4, 0.5) is 5.13 Å². The van der Waals surface area contributed by atoms with Gasteiger partial charge >= 0.3 is 0 Å². The van der Waals surface area contributed by atoms with Gasteiger partial charge in [-0.05, 0) is 32.0 Å². The van der Waals surface area contributed by atoms with Gasteiger partial charge in [-0.15, -0.1) is 10.2 Å². The van der Waals surface area contributed by atoms with Crippen LogP contribution in [-0.4, -0.2) is 21.3 Å². The topological polar surface area (TPSA) is 58.0 Å². The molecule has 90 valence electrons. The van der Waals surface area contributed by atoms with Gasteiger partial charge in [0.25, 0.3) is 0 Å². The van der Waals surface area contributed by atoms with Crippen molar-refractivity contribution in [3.8, 4) is 16.3 Å². The van der Waals surface area contributed by atoms with Gasteiger partial charge in [0, 0.05) is 10.5 Å². The molecule has 0 unspecified atom stereocenters. The van der Waals surface area contributed by atoms with Gasteiger partial charge in [-0.3, -0.25) is 0 Å². The van der Waals surface area contributed by atoms with Crippen LogP contribution in [0.25, 0.3) is 10.6 Å². The largest absolute Gasteiger partial charge is 0.507 e. The van der Waals surface area contributed by atoms with E-state index in [1.54, 1.807) is 12.1 Å². The summed E-state index contributed by atoms with van der Waals surface area (Å²) in [5.41, 5.74) is 0.689. The first kappa shape index (κ1) is 12.3. The molecule has 6 heteroatoms. The lowest BCUT2D eigenvalue weighted by Gasteiger charge is -2.03. The molecule has 0 aliphatic carbocycles. The molecule has 0 aliphatic heterocycles. The Kier molecular flexibility index (Phi) is 3.63. The molecule has 17 heavy (non-hydrogen) atoms. The van der Waals surface area contributed by atoms with E-state index in [9.17, 15) is 5.11 Å². The number of hydrogen-bond acceptors (Lipinski definition) is 5. The first-order valence-electron chi connectivity index (χ1n) is 5.15. The Hall–Kier alpha value is -1.14. The van der Waals surface area contributed by atoms with Gasteiger partial charge in [0.1, 0.15) is 5.75 Å². The van der Waals surface area contributed by atoms with E-state index in [0.717, 1.165) is 9.60 Å². The van der Waals surface area contributed by atoms with Crippen LogP contribution in [0, 0.1) is 0 Å². The summed E-state index contributed by atoms with van der Waals surface area (Å²) in [6.45, 7) is 4.08. The summed E-state index contributed by atoms with van der Waals surface area (Å²) in [5, 5.41) is 22.5. The molecule has 0 atom stereocenters. The van der Waals surface area contributed by atoms with Crippen LogP contribution in [0.15, 0.2) is 22.7 Å². The van der Waals surface area contributed by atoms with Crippen molar-refractivity contribution in [2.24, 2.45) is 0 Å². The molecule has 4 nitrogen and oxygen atoms in total. The van der Waals surface area contributed by atoms with Crippen molar-refractivity contribution in [2.75, 3.05) is 5.32 Å². The summed E-state index contributed by atoms with van der Waals surface area (Å²) in [4.78, 5) is 0. The van der Waals surface area contributed by atoms with Gasteiger partial charge in [-0.2, -0.15) is 0 Å². The van der Waals surface area contributed by atoms with Gasteiger partial charge in [0.05, 0.1) is 5.56 Å². The summed E-state index contributed by atoms with van der Waals surface area (Å²) < 4.78 is 0.902. The van der Waals surface area contributed by atoms with Crippen molar-refractivity contribution in [1.82, 2.24) is 10.2 Å². The molecule has 0 spiro atoms. The number of anilines is 1. The van der Waals surface area contributed by atoms with Gasteiger partial charge in [-0.25, -0.2) is 0 Å². The van der Waals surface area contributed by atoms with Crippen molar-refractivity contribution >= 4 is 32.4 Å². The molecule has 1 heterocycles. The Balaban J connectivity index is 2.33. The quantitative estimate of drug-likeness (QED) is 0.910. The minimum atomic E-state index is 0.209. The summed E-state index contributed by atoms with van der Waals surface area (Å²) in [6, 6.07) is 5.56. The minimum absolute atomic E-state index is 0.209. The smallest absolute Gasteiger partial charge is 0.206 e. The van der Waals surface area contributed by atoms with E-state index in [2.05, 4.69) is 31.4 Å². The van der Waals surface area contributed by atoms with Crippen LogP contribution >= 0.6 is 27.3 Å². The summed E-state index contributed by atoms with van der Waals surface area (Å²) >= 11 is 4.79. The third kappa shape index (κ3) is 2.95. The molecule has 2 rings (SSSR count). The maximum Gasteiger partial charge on any atom is 0.206 e. The van der Waals surface area contributed by atoms with Gasteiger partial charge < -0.3 is 10.4 Å². The average Bonchev–Trinajstić information content (AvgIpc) is 2.69. The van der Waals surface area contributed by atoms with Crippen LogP contribution in [-0.2, 0) is 0 Å². The van der Waals surface area contributed by atoms with Crippen LogP contribution in [0.3, 0.4) is 0 Å². The lowest BCUT2D eigenvalue weighted by Crippen LogP contribution is -2.08. The zero-order valence-electron chi connectivity index (χ0n) is 9.44. The summed E-state index contributed by atoms with van der Waals surface area (Å²) in [6.07, 6.45) is 0. The molecule has 0 amide bonds. The van der Waals surface area contributed by atoms with Gasteiger partial charge in [0.2, 0.25) is 5.13 Å². The monoisotopic (exact) mass is 313 g/mol. The van der Waals surface area contributed by atoms with E-state index in [1.807, 2.05) is 19.9 Å². The Morgan fingerprint density at radius 3 is 2.82 bits per heavy atom. The van der Waals surface area contributed by atoms with Crippen molar-refractivity contribution in [1.29, 1.82) is 0 Å². The predicted molar refractivity (Wildman–Crippen MR) is 73.5 cm³/mol. The highest BCUT2D eigenvalue weighted by molar-refractivity contribution is 9.10. The molecule has 1 aromatic carbocycles. The maximum absolute atomic E-state index is 9.78. The Labute approximate surface area is 112 Å². The molecule has 0 aliphatic rings. The Morgan fingerprint density at radius 1 is 1.35 bits per heavy atom. The van der Waals surface area contributed by atoms with Crippen molar-refractivity contribution < 1.29 is 5.11 Å². The second-order valence-electron chi connectivity index (χ2n) is 3.87. The van der Waals surface area contributed by atoms with Crippen LogP contribution in [0.1, 0.15) is 13.8 Å². The average molecular weight is 314 g/mol. The highest BCUT2D eigenvalue weighted by Gasteiger charge is 2.11. The molecule has 2 aromatic rings. The fourth-order valence-corrected chi connectivity index (χ4v) is 2.59. The molecule has 0 saturated carbocycles. The molecular weight excluding hydrogens is 302 g/mol. The minimum Gasteiger partial charge on any atom is -0.507 e. The first-order valence-corrected chi connectivity index (χ1v) is 6.76. The van der Waals surface area contributed by atoms with Crippen LogP contribution < -0.4 is 5.32 Å². The highest BCUT2D eigenvalue weighted by atomic mass is 79.9. The molecule has 1 aromatic heterocycles. The highest BCUT2D eigenvalue weighted by Crippen LogP contribution is 2.34. The number of benzene rings is 1. The third-order valence-electron chi connectivity index (χ3n) is 2.03. The number of hydrogen-bond donors (Lipinski definition) is 2. The van der Waals surface area contributed by atoms with E-state index in [1.165, 1.54) is 11.3 Å². The summed E-state index contributed by atoms with van der Waals surface area (Å²) in [7, 11) is 0. The van der Waals surface area contributed by atoms with E-state index < -0.39 is 0 Å². The fourth-order valence-electron chi connectivity index (χ4n) is 1.32. The van der Waals surface area contributed by atoms with E-state index in [-0.39, 0.29) is 5.75 Å². The number of aromatic hydroxyl groups is 1. The number of phenolic OH excluding ortho intramolecular Hbond substituents is 1. The predicted octanol–water partition coefficient (Wildman–Crippen LogP) is 3.49. The standard InChI is InChI=1S/C11H12BrN3OS/c1-6(2)13-11-15-14-10(17-11)8-5-7(12)3-4-9(8)16/h3-6,16H,1-2H3,(H,13,15). The Bertz CT molecular complexity index is 527. The fraction of sp³-hybridized carbons (Fsp3) is 0.273. The SMILES string of the molecule is CC(C)Nc1nnc(-c2cc(Br)ccc2O)s1. The van der Waals surface area contributed by atoms with E-state index in [0.29, 0.717) is 16.6 Å². The van der Waals surface area contributed by atoms with E-state index in [4.69, 9.17) is 0 Å². The van der Waals surface area contributed by atoms with E-state index >= 15 is 0 Å². The second-order valence-corrected chi connectivity index (χ2v) is 5.77. The van der Waals surface area contributed by atoms with Gasteiger partial charge in [0.15, 0.2) is 5.01 Å². The molecule has 0 radical (unpaired) electrons. The number of rotatable bonds is 3. The number of nitrogens with one attached hydrogen (secondary N) is 1. The van der Waals surface area contributed by atoms with Crippen LogP contribution in [0.5, 0.6) is 5.75 Å². The number of aromatic nitrogens is 2. The maximum atomic E-state index is 9.78. The van der Waals surface area contributed by atoms with Crippen LogP contribution in [0.2, 0.25) is 0 Å². The summed E-state index contributed by atoms with van der Waals surface area (Å²) in [5.74, 6) is 0.209. The zero-order valence-corrected chi connectivity index (χ0v) is 11.8. The number of phenols is 1. The molecular formula is C11H12BrN3OS. The zero-order chi connectivity index (χ0) is 12.4. The third-order valence-corrected chi connectivity index (χ3v) is 3.41. The van der Waals surface area contributed by atoms with Gasteiger partial charge in [-0.1, -0.05) is 27.3 Å².